The standard InChI is InChI=1S/C12H16INO/c1-12(2,3)9-4-6-10(7-5-9)14-11(15)8-13/h4-7H,8H2,1-3H3,(H,14,15). The van der Waals surface area contributed by atoms with Gasteiger partial charge in [-0.2, -0.15) is 0 Å². The van der Waals surface area contributed by atoms with Crippen LogP contribution in [0.2, 0.25) is 0 Å². The number of halogens is 1. The summed E-state index contributed by atoms with van der Waals surface area (Å²) in [5.41, 5.74) is 2.30. The highest BCUT2D eigenvalue weighted by molar-refractivity contribution is 14.1. The van der Waals surface area contributed by atoms with E-state index < -0.39 is 0 Å². The normalized spacial score (nSPS) is 11.2. The smallest absolute Gasteiger partial charge is 0.234 e. The molecule has 0 saturated carbocycles. The molecule has 0 unspecified atom stereocenters. The van der Waals surface area contributed by atoms with Crippen LogP contribution in [0.15, 0.2) is 24.3 Å². The van der Waals surface area contributed by atoms with Gasteiger partial charge in [0.1, 0.15) is 0 Å². The van der Waals surface area contributed by atoms with Crippen LogP contribution in [-0.4, -0.2) is 10.3 Å². The van der Waals surface area contributed by atoms with Gasteiger partial charge < -0.3 is 5.32 Å². The predicted octanol–water partition coefficient (Wildman–Crippen LogP) is 3.36. The number of rotatable bonds is 2. The minimum Gasteiger partial charge on any atom is -0.325 e. The van der Waals surface area contributed by atoms with Gasteiger partial charge in [-0.25, -0.2) is 0 Å². The van der Waals surface area contributed by atoms with Gasteiger partial charge in [-0.1, -0.05) is 55.5 Å². The summed E-state index contributed by atoms with van der Waals surface area (Å²) in [6.45, 7) is 6.52. The zero-order chi connectivity index (χ0) is 11.5. The summed E-state index contributed by atoms with van der Waals surface area (Å²) in [6.07, 6.45) is 0. The zero-order valence-electron chi connectivity index (χ0n) is 9.30. The lowest BCUT2D eigenvalue weighted by Gasteiger charge is -2.19. The molecule has 1 amide bonds. The number of nitrogens with one attached hydrogen (secondary N) is 1. The highest BCUT2D eigenvalue weighted by Gasteiger charge is 2.12. The molecule has 0 aliphatic rings. The molecule has 0 heterocycles. The van der Waals surface area contributed by atoms with Gasteiger partial charge >= 0.3 is 0 Å². The maximum atomic E-state index is 11.1. The number of anilines is 1. The fourth-order valence-electron chi connectivity index (χ4n) is 1.25. The first-order valence-electron chi connectivity index (χ1n) is 4.90. The van der Waals surface area contributed by atoms with E-state index in [0.717, 1.165) is 5.69 Å². The van der Waals surface area contributed by atoms with Gasteiger partial charge in [0, 0.05) is 5.69 Å². The molecule has 1 N–H and O–H groups in total. The van der Waals surface area contributed by atoms with Crippen LogP contribution in [0.4, 0.5) is 5.69 Å². The number of hydrogen-bond acceptors (Lipinski definition) is 1. The lowest BCUT2D eigenvalue weighted by molar-refractivity contribution is -0.113. The topological polar surface area (TPSA) is 29.1 Å². The Kier molecular flexibility index (Phi) is 4.13. The monoisotopic (exact) mass is 317 g/mol. The summed E-state index contributed by atoms with van der Waals surface area (Å²) < 4.78 is 0.485. The summed E-state index contributed by atoms with van der Waals surface area (Å²) >= 11 is 2.05. The predicted molar refractivity (Wildman–Crippen MR) is 72.7 cm³/mol. The van der Waals surface area contributed by atoms with Crippen molar-refractivity contribution in [3.63, 3.8) is 0 Å². The number of amides is 1. The van der Waals surface area contributed by atoms with Crippen molar-refractivity contribution >= 4 is 34.2 Å². The first kappa shape index (κ1) is 12.5. The summed E-state index contributed by atoms with van der Waals surface area (Å²) in [5.74, 6) is 0.0408. The summed E-state index contributed by atoms with van der Waals surface area (Å²) in [4.78, 5) is 11.1. The van der Waals surface area contributed by atoms with Crippen LogP contribution in [0.25, 0.3) is 0 Å². The molecule has 0 aliphatic carbocycles. The molecule has 0 atom stereocenters. The molecular weight excluding hydrogens is 301 g/mol. The maximum Gasteiger partial charge on any atom is 0.234 e. The Hall–Kier alpha value is -0.580. The van der Waals surface area contributed by atoms with Crippen molar-refractivity contribution in [2.45, 2.75) is 26.2 Å². The van der Waals surface area contributed by atoms with Gasteiger partial charge in [0.05, 0.1) is 4.43 Å². The van der Waals surface area contributed by atoms with E-state index in [0.29, 0.717) is 4.43 Å². The fraction of sp³-hybridized carbons (Fsp3) is 0.417. The second-order valence-electron chi connectivity index (χ2n) is 4.51. The van der Waals surface area contributed by atoms with Crippen molar-refractivity contribution in [2.24, 2.45) is 0 Å². The van der Waals surface area contributed by atoms with Crippen molar-refractivity contribution in [1.82, 2.24) is 0 Å². The molecule has 0 aliphatic heterocycles. The SMILES string of the molecule is CC(C)(C)c1ccc(NC(=O)CI)cc1. The Bertz CT molecular complexity index is 338. The minimum atomic E-state index is 0.0408. The molecule has 2 nitrogen and oxygen atoms in total. The van der Waals surface area contributed by atoms with Gasteiger partial charge in [-0.15, -0.1) is 0 Å². The van der Waals surface area contributed by atoms with Gasteiger partial charge in [0.25, 0.3) is 0 Å². The number of benzene rings is 1. The molecular formula is C12H16INO. The highest BCUT2D eigenvalue weighted by Crippen LogP contribution is 2.23. The largest absolute Gasteiger partial charge is 0.325 e. The molecule has 0 saturated heterocycles. The van der Waals surface area contributed by atoms with Crippen LogP contribution in [0.1, 0.15) is 26.3 Å². The average molecular weight is 317 g/mol. The lowest BCUT2D eigenvalue weighted by Crippen LogP contribution is -2.13. The molecule has 1 aromatic carbocycles. The lowest BCUT2D eigenvalue weighted by atomic mass is 9.87. The van der Waals surface area contributed by atoms with Crippen molar-refractivity contribution in [3.05, 3.63) is 29.8 Å². The molecule has 0 bridgehead atoms. The van der Waals surface area contributed by atoms with E-state index in [1.54, 1.807) is 0 Å². The Morgan fingerprint density at radius 3 is 2.20 bits per heavy atom. The van der Waals surface area contributed by atoms with E-state index in [1.807, 2.05) is 34.7 Å². The molecule has 3 heteroatoms. The molecule has 0 fully saturated rings. The molecule has 0 aromatic heterocycles. The van der Waals surface area contributed by atoms with E-state index in [-0.39, 0.29) is 11.3 Å². The summed E-state index contributed by atoms with van der Waals surface area (Å²) in [5, 5.41) is 2.82. The molecule has 0 spiro atoms. The molecule has 15 heavy (non-hydrogen) atoms. The first-order chi connectivity index (χ1) is 6.93. The van der Waals surface area contributed by atoms with Crippen molar-refractivity contribution in [2.75, 3.05) is 9.74 Å². The minimum absolute atomic E-state index is 0.0408. The second kappa shape index (κ2) is 4.96. The van der Waals surface area contributed by atoms with E-state index in [1.165, 1.54) is 5.56 Å². The van der Waals surface area contributed by atoms with Crippen molar-refractivity contribution < 1.29 is 4.79 Å². The Morgan fingerprint density at radius 1 is 1.27 bits per heavy atom. The van der Waals surface area contributed by atoms with Crippen molar-refractivity contribution in [3.8, 4) is 0 Å². The van der Waals surface area contributed by atoms with Gasteiger partial charge in [0.15, 0.2) is 0 Å². The second-order valence-corrected chi connectivity index (χ2v) is 5.27. The van der Waals surface area contributed by atoms with Crippen LogP contribution in [-0.2, 0) is 10.2 Å². The fourth-order valence-corrected chi connectivity index (χ4v) is 1.44. The summed E-state index contributed by atoms with van der Waals surface area (Å²) in [7, 11) is 0. The van der Waals surface area contributed by atoms with E-state index >= 15 is 0 Å². The molecule has 1 rings (SSSR count). The zero-order valence-corrected chi connectivity index (χ0v) is 11.5. The van der Waals surface area contributed by atoms with Gasteiger partial charge in [-0.3, -0.25) is 4.79 Å². The highest BCUT2D eigenvalue weighted by atomic mass is 127. The molecule has 0 radical (unpaired) electrons. The molecule has 1 aromatic rings. The Morgan fingerprint density at radius 2 is 1.80 bits per heavy atom. The van der Waals surface area contributed by atoms with Crippen LogP contribution < -0.4 is 5.32 Å². The van der Waals surface area contributed by atoms with E-state index in [2.05, 4.69) is 38.2 Å². The van der Waals surface area contributed by atoms with Crippen LogP contribution in [0.5, 0.6) is 0 Å². The van der Waals surface area contributed by atoms with Crippen LogP contribution in [0, 0.1) is 0 Å². The number of hydrogen-bond donors (Lipinski definition) is 1. The quantitative estimate of drug-likeness (QED) is 0.658. The van der Waals surface area contributed by atoms with Crippen LogP contribution in [0.3, 0.4) is 0 Å². The third-order valence-corrected chi connectivity index (χ3v) is 2.85. The van der Waals surface area contributed by atoms with Gasteiger partial charge in [0.2, 0.25) is 5.91 Å². The van der Waals surface area contributed by atoms with Crippen LogP contribution >= 0.6 is 22.6 Å². The Balaban J connectivity index is 2.77. The third kappa shape index (κ3) is 3.81. The Labute approximate surface area is 105 Å². The van der Waals surface area contributed by atoms with E-state index in [4.69, 9.17) is 0 Å². The number of carbonyl (C=O) groups is 1. The summed E-state index contributed by atoms with van der Waals surface area (Å²) in [6, 6.07) is 8.02. The third-order valence-electron chi connectivity index (χ3n) is 2.16. The molecule has 82 valence electrons. The maximum absolute atomic E-state index is 11.1. The van der Waals surface area contributed by atoms with Crippen molar-refractivity contribution in [1.29, 1.82) is 0 Å². The average Bonchev–Trinajstić information content (AvgIpc) is 2.17. The van der Waals surface area contributed by atoms with Gasteiger partial charge in [-0.05, 0) is 23.1 Å². The number of alkyl halides is 1. The first-order valence-corrected chi connectivity index (χ1v) is 6.42. The number of carbonyl (C=O) groups excluding carboxylic acids is 1. The van der Waals surface area contributed by atoms with E-state index in [9.17, 15) is 4.79 Å².